The fourth-order valence-corrected chi connectivity index (χ4v) is 2.30. The van der Waals surface area contributed by atoms with E-state index in [1.165, 1.54) is 5.56 Å². The zero-order valence-corrected chi connectivity index (χ0v) is 11.0. The van der Waals surface area contributed by atoms with Gasteiger partial charge >= 0.3 is 0 Å². The van der Waals surface area contributed by atoms with Crippen LogP contribution in [0.15, 0.2) is 37.2 Å². The van der Waals surface area contributed by atoms with Crippen LogP contribution in [0.3, 0.4) is 0 Å². The second-order valence-corrected chi connectivity index (χ2v) is 4.57. The van der Waals surface area contributed by atoms with Gasteiger partial charge in [0.05, 0.1) is 24.1 Å². The summed E-state index contributed by atoms with van der Waals surface area (Å²) in [6, 6.07) is 0.200. The molecule has 3 aromatic heterocycles. The number of likely N-dealkylation sites (N-methyl/N-ethyl adjacent to an activating group) is 1. The Labute approximate surface area is 111 Å². The van der Waals surface area contributed by atoms with E-state index in [0.717, 1.165) is 17.5 Å². The number of fused-ring (bicyclic) bond motifs is 1. The average Bonchev–Trinajstić information content (AvgIpc) is 3.02. The number of aryl methyl sites for hydroxylation is 1. The fourth-order valence-electron chi connectivity index (χ4n) is 2.30. The van der Waals surface area contributed by atoms with Gasteiger partial charge in [0.1, 0.15) is 0 Å². The summed E-state index contributed by atoms with van der Waals surface area (Å²) in [7, 11) is 3.89. The van der Waals surface area contributed by atoms with E-state index in [2.05, 4.69) is 20.5 Å². The van der Waals surface area contributed by atoms with Crippen LogP contribution in [0.2, 0.25) is 0 Å². The monoisotopic (exact) mass is 256 g/mol. The molecule has 0 bridgehead atoms. The Kier molecular flexibility index (Phi) is 3.00. The van der Waals surface area contributed by atoms with Crippen molar-refractivity contribution in [3.8, 4) is 0 Å². The van der Waals surface area contributed by atoms with Crippen LogP contribution in [0.1, 0.15) is 17.2 Å². The van der Waals surface area contributed by atoms with Crippen LogP contribution in [-0.2, 0) is 13.5 Å². The molecule has 6 nitrogen and oxygen atoms in total. The third kappa shape index (κ3) is 2.22. The van der Waals surface area contributed by atoms with Gasteiger partial charge in [0.25, 0.3) is 0 Å². The molecule has 0 saturated carbocycles. The van der Waals surface area contributed by atoms with E-state index < -0.39 is 0 Å². The molecule has 0 aliphatic carbocycles. The number of hydrogen-bond acceptors (Lipinski definition) is 4. The van der Waals surface area contributed by atoms with Crippen molar-refractivity contribution in [3.05, 3.63) is 48.3 Å². The highest BCUT2D eigenvalue weighted by Gasteiger charge is 2.16. The Morgan fingerprint density at radius 3 is 2.89 bits per heavy atom. The van der Waals surface area contributed by atoms with E-state index in [4.69, 9.17) is 0 Å². The second-order valence-electron chi connectivity index (χ2n) is 4.57. The van der Waals surface area contributed by atoms with Crippen molar-refractivity contribution in [2.45, 2.75) is 12.5 Å². The molecule has 1 N–H and O–H groups in total. The largest absolute Gasteiger partial charge is 0.313 e. The molecule has 0 aromatic carbocycles. The van der Waals surface area contributed by atoms with Crippen LogP contribution >= 0.6 is 0 Å². The van der Waals surface area contributed by atoms with Crippen LogP contribution in [0, 0.1) is 0 Å². The number of nitrogens with one attached hydrogen (secondary N) is 1. The number of rotatable bonds is 4. The highest BCUT2D eigenvalue weighted by atomic mass is 15.2. The van der Waals surface area contributed by atoms with E-state index in [1.807, 2.05) is 54.3 Å². The molecule has 0 spiro atoms. The molecule has 98 valence electrons. The molecule has 1 unspecified atom stereocenters. The number of aromatic nitrogens is 5. The normalized spacial score (nSPS) is 12.9. The lowest BCUT2D eigenvalue weighted by Crippen LogP contribution is -2.18. The van der Waals surface area contributed by atoms with E-state index in [9.17, 15) is 0 Å². The van der Waals surface area contributed by atoms with Crippen LogP contribution in [0.5, 0.6) is 0 Å². The van der Waals surface area contributed by atoms with Crippen LogP contribution < -0.4 is 5.32 Å². The van der Waals surface area contributed by atoms with Gasteiger partial charge in [-0.1, -0.05) is 0 Å². The predicted octanol–water partition coefficient (Wildman–Crippen LogP) is 0.966. The Bertz CT molecular complexity index is 683. The minimum absolute atomic E-state index is 0.200. The van der Waals surface area contributed by atoms with Gasteiger partial charge in [0, 0.05) is 37.2 Å². The molecule has 3 rings (SSSR count). The highest BCUT2D eigenvalue weighted by molar-refractivity contribution is 5.53. The molecule has 3 heterocycles. The van der Waals surface area contributed by atoms with Crippen LogP contribution in [0.4, 0.5) is 0 Å². The van der Waals surface area contributed by atoms with Crippen molar-refractivity contribution in [1.82, 2.24) is 29.7 Å². The second kappa shape index (κ2) is 4.81. The van der Waals surface area contributed by atoms with E-state index >= 15 is 0 Å². The van der Waals surface area contributed by atoms with Crippen molar-refractivity contribution in [2.24, 2.45) is 7.05 Å². The van der Waals surface area contributed by atoms with Gasteiger partial charge in [0.15, 0.2) is 0 Å². The Morgan fingerprint density at radius 1 is 1.26 bits per heavy atom. The summed E-state index contributed by atoms with van der Waals surface area (Å²) in [4.78, 5) is 4.17. The molecule has 6 heteroatoms. The van der Waals surface area contributed by atoms with Crippen molar-refractivity contribution in [3.63, 3.8) is 0 Å². The van der Waals surface area contributed by atoms with Gasteiger partial charge in [-0.25, -0.2) is 4.52 Å². The molecule has 0 aliphatic rings. The van der Waals surface area contributed by atoms with E-state index in [0.29, 0.717) is 0 Å². The topological polar surface area (TPSA) is 60.0 Å². The zero-order chi connectivity index (χ0) is 13.2. The summed E-state index contributed by atoms with van der Waals surface area (Å²) < 4.78 is 3.66. The van der Waals surface area contributed by atoms with Gasteiger partial charge < -0.3 is 5.32 Å². The molecule has 0 amide bonds. The first kappa shape index (κ1) is 11.9. The predicted molar refractivity (Wildman–Crippen MR) is 71.7 cm³/mol. The zero-order valence-electron chi connectivity index (χ0n) is 11.0. The quantitative estimate of drug-likeness (QED) is 0.755. The number of nitrogens with zero attached hydrogens (tertiary/aromatic N) is 5. The minimum atomic E-state index is 0.200. The average molecular weight is 256 g/mol. The minimum Gasteiger partial charge on any atom is -0.313 e. The molecule has 0 saturated heterocycles. The summed E-state index contributed by atoms with van der Waals surface area (Å²) in [6.07, 6.45) is 12.1. The van der Waals surface area contributed by atoms with Crippen LogP contribution in [0.25, 0.3) is 5.52 Å². The SMILES string of the molecule is CNC(Cc1cnn(C)c1)c1cnn2ccncc12. The lowest BCUT2D eigenvalue weighted by molar-refractivity contribution is 0.595. The third-order valence-electron chi connectivity index (χ3n) is 3.28. The Balaban J connectivity index is 1.93. The van der Waals surface area contributed by atoms with Crippen molar-refractivity contribution in [1.29, 1.82) is 0 Å². The molecule has 0 fully saturated rings. The van der Waals surface area contributed by atoms with Gasteiger partial charge in [-0.15, -0.1) is 0 Å². The number of hydrogen-bond donors (Lipinski definition) is 1. The van der Waals surface area contributed by atoms with Gasteiger partial charge in [-0.05, 0) is 19.0 Å². The van der Waals surface area contributed by atoms with Gasteiger partial charge in [-0.2, -0.15) is 10.2 Å². The maximum absolute atomic E-state index is 4.35. The summed E-state index contributed by atoms with van der Waals surface area (Å²) in [5.74, 6) is 0. The van der Waals surface area contributed by atoms with Gasteiger partial charge in [-0.3, -0.25) is 9.67 Å². The first-order valence-electron chi connectivity index (χ1n) is 6.20. The summed E-state index contributed by atoms with van der Waals surface area (Å²) in [5.41, 5.74) is 3.38. The fraction of sp³-hybridized carbons (Fsp3) is 0.308. The lowest BCUT2D eigenvalue weighted by Gasteiger charge is -2.13. The Hall–Kier alpha value is -2.21. The van der Waals surface area contributed by atoms with Crippen molar-refractivity contribution < 1.29 is 0 Å². The summed E-state index contributed by atoms with van der Waals surface area (Å²) >= 11 is 0. The molecule has 0 radical (unpaired) electrons. The highest BCUT2D eigenvalue weighted by Crippen LogP contribution is 2.21. The maximum Gasteiger partial charge on any atom is 0.0892 e. The van der Waals surface area contributed by atoms with Crippen molar-refractivity contribution >= 4 is 5.52 Å². The molecular weight excluding hydrogens is 240 g/mol. The van der Waals surface area contributed by atoms with Gasteiger partial charge in [0.2, 0.25) is 0 Å². The molecule has 19 heavy (non-hydrogen) atoms. The van der Waals surface area contributed by atoms with E-state index in [-0.39, 0.29) is 6.04 Å². The molecule has 0 aliphatic heterocycles. The maximum atomic E-state index is 4.35. The van der Waals surface area contributed by atoms with Crippen molar-refractivity contribution in [2.75, 3.05) is 7.05 Å². The van der Waals surface area contributed by atoms with E-state index in [1.54, 1.807) is 6.20 Å². The first-order valence-corrected chi connectivity index (χ1v) is 6.20. The first-order chi connectivity index (χ1) is 9.28. The standard InChI is InChI=1S/C13H16N6/c1-14-12(5-10-6-16-18(2)9-10)11-7-17-19-4-3-15-8-13(11)19/h3-4,6-9,12,14H,5H2,1-2H3. The summed E-state index contributed by atoms with van der Waals surface area (Å²) in [5, 5.41) is 11.9. The smallest absolute Gasteiger partial charge is 0.0892 e. The Morgan fingerprint density at radius 2 is 2.16 bits per heavy atom. The molecule has 3 aromatic rings. The van der Waals surface area contributed by atoms with Crippen LogP contribution in [-0.4, -0.2) is 31.4 Å². The molecular formula is C13H16N6. The molecule has 1 atom stereocenters. The summed E-state index contributed by atoms with van der Waals surface area (Å²) in [6.45, 7) is 0. The lowest BCUT2D eigenvalue weighted by atomic mass is 10.0. The third-order valence-corrected chi connectivity index (χ3v) is 3.28.